The summed E-state index contributed by atoms with van der Waals surface area (Å²) in [7, 11) is 0. The van der Waals surface area contributed by atoms with Crippen LogP contribution in [0.4, 0.5) is 10.5 Å². The van der Waals surface area contributed by atoms with Crippen LogP contribution in [0.2, 0.25) is 0 Å². The highest BCUT2D eigenvalue weighted by Gasteiger charge is 2.45. The molecule has 0 spiro atoms. The SMILES string of the molecule is CCOC(=O)C1CC1c1ccc(-c2ccc(-c3onc(C)c3NC(=O)OC(C)c3ccccc3)cc2)cc1. The minimum Gasteiger partial charge on any atom is -0.466 e. The van der Waals surface area contributed by atoms with Gasteiger partial charge in [0.2, 0.25) is 0 Å². The van der Waals surface area contributed by atoms with E-state index in [0.29, 0.717) is 23.7 Å². The van der Waals surface area contributed by atoms with E-state index in [1.165, 1.54) is 0 Å². The highest BCUT2D eigenvalue weighted by Crippen LogP contribution is 2.48. The van der Waals surface area contributed by atoms with Crippen molar-refractivity contribution in [2.75, 3.05) is 11.9 Å². The van der Waals surface area contributed by atoms with Crippen LogP contribution in [-0.2, 0) is 14.3 Å². The molecule has 1 saturated carbocycles. The predicted molar refractivity (Wildman–Crippen MR) is 145 cm³/mol. The molecule has 7 heteroatoms. The Kier molecular flexibility index (Phi) is 7.26. The zero-order valence-corrected chi connectivity index (χ0v) is 21.6. The quantitative estimate of drug-likeness (QED) is 0.250. The van der Waals surface area contributed by atoms with E-state index in [0.717, 1.165) is 34.2 Å². The Balaban J connectivity index is 1.25. The lowest BCUT2D eigenvalue weighted by Gasteiger charge is -2.14. The maximum absolute atomic E-state index is 12.6. The van der Waals surface area contributed by atoms with Gasteiger partial charge in [0.15, 0.2) is 5.76 Å². The summed E-state index contributed by atoms with van der Waals surface area (Å²) in [6.07, 6.45) is -0.133. The van der Waals surface area contributed by atoms with Gasteiger partial charge in [0, 0.05) is 5.56 Å². The maximum atomic E-state index is 12.6. The van der Waals surface area contributed by atoms with Gasteiger partial charge in [0.25, 0.3) is 0 Å². The average molecular weight is 511 g/mol. The van der Waals surface area contributed by atoms with Gasteiger partial charge in [-0.1, -0.05) is 84.0 Å². The monoisotopic (exact) mass is 510 g/mol. The van der Waals surface area contributed by atoms with E-state index in [1.54, 1.807) is 6.92 Å². The fraction of sp³-hybridized carbons (Fsp3) is 0.258. The first-order chi connectivity index (χ1) is 18.4. The van der Waals surface area contributed by atoms with Gasteiger partial charge in [-0.05, 0) is 55.4 Å². The van der Waals surface area contributed by atoms with Crippen LogP contribution in [0.5, 0.6) is 0 Å². The number of benzene rings is 3. The van der Waals surface area contributed by atoms with Crippen LogP contribution in [0.3, 0.4) is 0 Å². The van der Waals surface area contributed by atoms with Gasteiger partial charge in [-0.15, -0.1) is 0 Å². The molecular formula is C31H30N2O5. The topological polar surface area (TPSA) is 90.7 Å². The second-order valence-corrected chi connectivity index (χ2v) is 9.46. The number of esters is 1. The summed E-state index contributed by atoms with van der Waals surface area (Å²) in [4.78, 5) is 24.6. The number of aryl methyl sites for hydroxylation is 1. The number of hydrogen-bond donors (Lipinski definition) is 1. The standard InChI is InChI=1S/C31H30N2O5/c1-4-36-30(34)27-18-26(27)24-14-10-22(11-15-24)23-12-16-25(17-13-23)29-28(19(2)33-38-29)32-31(35)37-20(3)21-8-6-5-7-9-21/h5-17,20,26-27H,4,18H2,1-3H3,(H,32,35). The van der Waals surface area contributed by atoms with Crippen LogP contribution < -0.4 is 5.32 Å². The lowest BCUT2D eigenvalue weighted by atomic mass is 10.00. The van der Waals surface area contributed by atoms with Crippen molar-refractivity contribution in [2.45, 2.75) is 39.2 Å². The molecule has 1 heterocycles. The molecule has 3 atom stereocenters. The van der Waals surface area contributed by atoms with Crippen molar-refractivity contribution in [1.29, 1.82) is 0 Å². The third-order valence-corrected chi connectivity index (χ3v) is 6.84. The second kappa shape index (κ2) is 10.9. The molecule has 1 amide bonds. The third kappa shape index (κ3) is 5.47. The Morgan fingerprint density at radius 2 is 1.61 bits per heavy atom. The molecule has 3 unspecified atom stereocenters. The van der Waals surface area contributed by atoms with Crippen molar-refractivity contribution in [3.05, 3.63) is 95.7 Å². The highest BCUT2D eigenvalue weighted by molar-refractivity contribution is 5.91. The number of nitrogens with one attached hydrogen (secondary N) is 1. The number of aromatic nitrogens is 1. The van der Waals surface area contributed by atoms with E-state index >= 15 is 0 Å². The molecule has 0 radical (unpaired) electrons. The number of carbonyl (C=O) groups excluding carboxylic acids is 2. The molecule has 1 aliphatic rings. The highest BCUT2D eigenvalue weighted by atomic mass is 16.6. The number of ether oxygens (including phenoxy) is 2. The molecule has 1 N–H and O–H groups in total. The molecule has 4 aromatic rings. The number of carbonyl (C=O) groups is 2. The predicted octanol–water partition coefficient (Wildman–Crippen LogP) is 7.29. The Labute approximate surface area is 221 Å². The summed E-state index contributed by atoms with van der Waals surface area (Å²) >= 11 is 0. The second-order valence-electron chi connectivity index (χ2n) is 9.46. The molecule has 0 saturated heterocycles. The lowest BCUT2D eigenvalue weighted by molar-refractivity contribution is -0.144. The van der Waals surface area contributed by atoms with Gasteiger partial charge in [-0.3, -0.25) is 10.1 Å². The van der Waals surface area contributed by atoms with Gasteiger partial charge in [-0.25, -0.2) is 4.79 Å². The Morgan fingerprint density at radius 3 is 2.26 bits per heavy atom. The molecule has 7 nitrogen and oxygen atoms in total. The Hall–Kier alpha value is -4.39. The summed E-state index contributed by atoms with van der Waals surface area (Å²) < 4.78 is 16.2. The van der Waals surface area contributed by atoms with Crippen LogP contribution in [-0.4, -0.2) is 23.8 Å². The minimum absolute atomic E-state index is 0.0212. The zero-order chi connectivity index (χ0) is 26.6. The molecule has 5 rings (SSSR count). The number of anilines is 1. The van der Waals surface area contributed by atoms with Crippen LogP contribution >= 0.6 is 0 Å². The van der Waals surface area contributed by atoms with Crippen LogP contribution in [0.15, 0.2) is 83.4 Å². The Bertz CT molecular complexity index is 1410. The molecule has 3 aromatic carbocycles. The molecule has 0 bridgehead atoms. The smallest absolute Gasteiger partial charge is 0.412 e. The molecule has 1 aromatic heterocycles. The zero-order valence-electron chi connectivity index (χ0n) is 21.6. The first-order valence-electron chi connectivity index (χ1n) is 12.8. The minimum atomic E-state index is -0.577. The first kappa shape index (κ1) is 25.3. The largest absolute Gasteiger partial charge is 0.466 e. The number of hydrogen-bond acceptors (Lipinski definition) is 6. The molecule has 0 aliphatic heterocycles. The fourth-order valence-corrected chi connectivity index (χ4v) is 4.61. The molecule has 1 aliphatic carbocycles. The number of nitrogens with zero attached hydrogens (tertiary/aromatic N) is 1. The van der Waals surface area contributed by atoms with Gasteiger partial charge in [0.1, 0.15) is 17.5 Å². The third-order valence-electron chi connectivity index (χ3n) is 6.84. The van der Waals surface area contributed by atoms with Crippen LogP contribution in [0, 0.1) is 12.8 Å². The van der Waals surface area contributed by atoms with Crippen LogP contribution in [0.1, 0.15) is 49.1 Å². The summed E-state index contributed by atoms with van der Waals surface area (Å²) in [5.74, 6) is 0.584. The van der Waals surface area contributed by atoms with Crippen LogP contribution in [0.25, 0.3) is 22.5 Å². The molecular weight excluding hydrogens is 480 g/mol. The molecule has 1 fully saturated rings. The number of amides is 1. The number of rotatable bonds is 8. The molecule has 194 valence electrons. The van der Waals surface area contributed by atoms with E-state index in [4.69, 9.17) is 14.0 Å². The molecule has 38 heavy (non-hydrogen) atoms. The average Bonchev–Trinajstić information content (AvgIpc) is 3.67. The first-order valence-corrected chi connectivity index (χ1v) is 12.8. The van der Waals surface area contributed by atoms with Crippen molar-refractivity contribution in [2.24, 2.45) is 5.92 Å². The van der Waals surface area contributed by atoms with Crippen molar-refractivity contribution in [3.8, 4) is 22.5 Å². The maximum Gasteiger partial charge on any atom is 0.412 e. The van der Waals surface area contributed by atoms with E-state index in [9.17, 15) is 9.59 Å². The fourth-order valence-electron chi connectivity index (χ4n) is 4.61. The lowest BCUT2D eigenvalue weighted by Crippen LogP contribution is -2.16. The van der Waals surface area contributed by atoms with Crippen molar-refractivity contribution >= 4 is 17.7 Å². The summed E-state index contributed by atoms with van der Waals surface area (Å²) in [5.41, 5.74) is 6.00. The van der Waals surface area contributed by atoms with Gasteiger partial charge >= 0.3 is 12.1 Å². The van der Waals surface area contributed by atoms with E-state index in [1.807, 2.05) is 68.4 Å². The van der Waals surface area contributed by atoms with Crippen molar-refractivity contribution < 1.29 is 23.6 Å². The normalized spacial score (nSPS) is 16.9. The van der Waals surface area contributed by atoms with Crippen molar-refractivity contribution in [1.82, 2.24) is 5.16 Å². The van der Waals surface area contributed by atoms with E-state index < -0.39 is 12.2 Å². The van der Waals surface area contributed by atoms with Crippen molar-refractivity contribution in [3.63, 3.8) is 0 Å². The van der Waals surface area contributed by atoms with Gasteiger partial charge < -0.3 is 14.0 Å². The summed E-state index contributed by atoms with van der Waals surface area (Å²) in [6.45, 7) is 5.84. The summed E-state index contributed by atoms with van der Waals surface area (Å²) in [5, 5.41) is 6.84. The van der Waals surface area contributed by atoms with E-state index in [2.05, 4.69) is 34.7 Å². The van der Waals surface area contributed by atoms with Gasteiger partial charge in [-0.2, -0.15) is 0 Å². The summed E-state index contributed by atoms with van der Waals surface area (Å²) in [6, 6.07) is 25.7. The Morgan fingerprint density at radius 1 is 0.974 bits per heavy atom. The van der Waals surface area contributed by atoms with Gasteiger partial charge in [0.05, 0.1) is 12.5 Å². The van der Waals surface area contributed by atoms with E-state index in [-0.39, 0.29) is 17.8 Å².